The van der Waals surface area contributed by atoms with Gasteiger partial charge >= 0.3 is 0 Å². The second kappa shape index (κ2) is 3.71. The second-order valence-corrected chi connectivity index (χ2v) is 2.72. The van der Waals surface area contributed by atoms with Crippen LogP contribution in [0.4, 0.5) is 5.69 Å². The number of amides is 1. The fourth-order valence-corrected chi connectivity index (χ4v) is 0.973. The summed E-state index contributed by atoms with van der Waals surface area (Å²) in [6, 6.07) is 7.10. The average molecular weight is 177 g/mol. The highest BCUT2D eigenvalue weighted by molar-refractivity contribution is 6.37. The molecule has 0 aliphatic rings. The molecule has 0 unspecified atom stereocenters. The van der Waals surface area contributed by atoms with Crippen molar-refractivity contribution in [1.82, 2.24) is 0 Å². The number of hydrogen-bond acceptors (Lipinski definition) is 3. The van der Waals surface area contributed by atoms with E-state index < -0.39 is 5.91 Å². The summed E-state index contributed by atoms with van der Waals surface area (Å²) in [6.45, 7) is 0. The van der Waals surface area contributed by atoms with Crippen LogP contribution in [0, 0.1) is 5.41 Å². The molecule has 13 heavy (non-hydrogen) atoms. The van der Waals surface area contributed by atoms with Crippen molar-refractivity contribution in [1.29, 1.82) is 5.41 Å². The Balaban J connectivity index is 2.81. The quantitative estimate of drug-likeness (QED) is 0.458. The summed E-state index contributed by atoms with van der Waals surface area (Å²) >= 11 is 0. The van der Waals surface area contributed by atoms with E-state index in [2.05, 4.69) is 0 Å². The van der Waals surface area contributed by atoms with E-state index in [1.54, 1.807) is 24.3 Å². The molecule has 0 saturated heterocycles. The van der Waals surface area contributed by atoms with Gasteiger partial charge in [0.1, 0.15) is 5.71 Å². The third-order valence-electron chi connectivity index (χ3n) is 1.72. The number of rotatable bonds is 3. The first-order valence-corrected chi connectivity index (χ1v) is 3.82. The van der Waals surface area contributed by atoms with Crippen LogP contribution < -0.4 is 11.5 Å². The van der Waals surface area contributed by atoms with E-state index in [9.17, 15) is 4.79 Å². The van der Waals surface area contributed by atoms with E-state index >= 15 is 0 Å². The van der Waals surface area contributed by atoms with Crippen molar-refractivity contribution in [2.75, 3.05) is 5.73 Å². The normalized spacial score (nSPS) is 9.54. The van der Waals surface area contributed by atoms with E-state index in [4.69, 9.17) is 16.9 Å². The van der Waals surface area contributed by atoms with Crippen LogP contribution in [0.2, 0.25) is 0 Å². The standard InChI is InChI=1S/C9H11N3O/c10-7-4-2-1-3-6(7)5-8(11)9(12)13/h1-4,11H,5,10H2,(H2,12,13). The number of hydrogen-bond donors (Lipinski definition) is 3. The van der Waals surface area contributed by atoms with Gasteiger partial charge in [0.05, 0.1) is 0 Å². The van der Waals surface area contributed by atoms with Crippen molar-refractivity contribution in [3.63, 3.8) is 0 Å². The molecule has 1 rings (SSSR count). The average Bonchev–Trinajstić information content (AvgIpc) is 2.08. The van der Waals surface area contributed by atoms with Crippen molar-refractivity contribution in [2.24, 2.45) is 5.73 Å². The second-order valence-electron chi connectivity index (χ2n) is 2.72. The molecule has 0 bridgehead atoms. The SMILES string of the molecule is N=C(Cc1ccccc1N)C(N)=O. The summed E-state index contributed by atoms with van der Waals surface area (Å²) in [4.78, 5) is 10.6. The number of carbonyl (C=O) groups excluding carboxylic acids is 1. The fraction of sp³-hybridized carbons (Fsp3) is 0.111. The molecule has 0 heterocycles. The lowest BCUT2D eigenvalue weighted by Crippen LogP contribution is -2.24. The van der Waals surface area contributed by atoms with E-state index in [0.717, 1.165) is 5.56 Å². The van der Waals surface area contributed by atoms with Gasteiger partial charge in [0.15, 0.2) is 0 Å². The number of anilines is 1. The third kappa shape index (κ3) is 2.30. The topological polar surface area (TPSA) is 93.0 Å². The Morgan fingerprint density at radius 2 is 2.00 bits per heavy atom. The van der Waals surface area contributed by atoms with Gasteiger partial charge in [-0.2, -0.15) is 0 Å². The van der Waals surface area contributed by atoms with Gasteiger partial charge in [-0.1, -0.05) is 18.2 Å². The first-order chi connectivity index (χ1) is 6.11. The van der Waals surface area contributed by atoms with E-state index in [1.165, 1.54) is 0 Å². The van der Waals surface area contributed by atoms with Crippen LogP contribution in [-0.2, 0) is 11.2 Å². The number of para-hydroxylation sites is 1. The van der Waals surface area contributed by atoms with E-state index in [0.29, 0.717) is 5.69 Å². The van der Waals surface area contributed by atoms with Gasteiger partial charge in [-0.05, 0) is 11.6 Å². The zero-order valence-electron chi connectivity index (χ0n) is 7.08. The molecule has 68 valence electrons. The molecule has 1 amide bonds. The molecule has 1 aromatic rings. The van der Waals surface area contributed by atoms with Crippen LogP contribution in [0.15, 0.2) is 24.3 Å². The highest BCUT2D eigenvalue weighted by Crippen LogP contribution is 2.11. The molecule has 0 saturated carbocycles. The van der Waals surface area contributed by atoms with Gasteiger partial charge in [-0.25, -0.2) is 0 Å². The molecule has 0 aliphatic carbocycles. The van der Waals surface area contributed by atoms with E-state index in [-0.39, 0.29) is 12.1 Å². The molecule has 5 N–H and O–H groups in total. The number of nitrogens with two attached hydrogens (primary N) is 2. The molecule has 4 nitrogen and oxygen atoms in total. The van der Waals surface area contributed by atoms with Crippen molar-refractivity contribution in [3.8, 4) is 0 Å². The van der Waals surface area contributed by atoms with Gasteiger partial charge in [0, 0.05) is 12.1 Å². The molecule has 1 aromatic carbocycles. The summed E-state index contributed by atoms with van der Waals surface area (Å²) in [5, 5.41) is 7.25. The zero-order valence-corrected chi connectivity index (χ0v) is 7.08. The van der Waals surface area contributed by atoms with Gasteiger partial charge in [-0.3, -0.25) is 10.2 Å². The maximum Gasteiger partial charge on any atom is 0.262 e. The summed E-state index contributed by atoms with van der Waals surface area (Å²) < 4.78 is 0. The Bertz CT molecular complexity index is 346. The van der Waals surface area contributed by atoms with Crippen LogP contribution in [0.25, 0.3) is 0 Å². The highest BCUT2D eigenvalue weighted by Gasteiger charge is 2.06. The van der Waals surface area contributed by atoms with Crippen LogP contribution in [0.3, 0.4) is 0 Å². The van der Waals surface area contributed by atoms with Crippen LogP contribution >= 0.6 is 0 Å². The Morgan fingerprint density at radius 1 is 1.38 bits per heavy atom. The first kappa shape index (κ1) is 9.25. The van der Waals surface area contributed by atoms with Gasteiger partial charge in [0.2, 0.25) is 0 Å². The van der Waals surface area contributed by atoms with Gasteiger partial charge in [-0.15, -0.1) is 0 Å². The van der Waals surface area contributed by atoms with Crippen LogP contribution in [-0.4, -0.2) is 11.6 Å². The Kier molecular flexibility index (Phi) is 2.64. The fourth-order valence-electron chi connectivity index (χ4n) is 0.973. The monoisotopic (exact) mass is 177 g/mol. The lowest BCUT2D eigenvalue weighted by molar-refractivity contribution is -0.112. The molecule has 0 atom stereocenters. The minimum absolute atomic E-state index is 0.127. The Morgan fingerprint density at radius 3 is 2.54 bits per heavy atom. The molecule has 0 spiro atoms. The molecular weight excluding hydrogens is 166 g/mol. The van der Waals surface area contributed by atoms with Gasteiger partial charge < -0.3 is 11.5 Å². The molecular formula is C9H11N3O. The van der Waals surface area contributed by atoms with E-state index in [1.807, 2.05) is 0 Å². The number of nitrogens with one attached hydrogen (secondary N) is 1. The number of nitrogen functional groups attached to an aromatic ring is 1. The lowest BCUT2D eigenvalue weighted by atomic mass is 10.1. The highest BCUT2D eigenvalue weighted by atomic mass is 16.1. The summed E-state index contributed by atoms with van der Waals surface area (Å²) in [7, 11) is 0. The largest absolute Gasteiger partial charge is 0.398 e. The van der Waals surface area contributed by atoms with Crippen molar-refractivity contribution >= 4 is 17.3 Å². The van der Waals surface area contributed by atoms with Crippen LogP contribution in [0.5, 0.6) is 0 Å². The van der Waals surface area contributed by atoms with Crippen LogP contribution in [0.1, 0.15) is 5.56 Å². The minimum Gasteiger partial charge on any atom is -0.398 e. The van der Waals surface area contributed by atoms with Crippen molar-refractivity contribution < 1.29 is 4.79 Å². The van der Waals surface area contributed by atoms with Crippen molar-refractivity contribution in [2.45, 2.75) is 6.42 Å². The minimum atomic E-state index is -0.705. The lowest BCUT2D eigenvalue weighted by Gasteiger charge is -2.03. The maximum atomic E-state index is 10.6. The Hall–Kier alpha value is -1.84. The molecule has 4 heteroatoms. The predicted octanol–water partition coefficient (Wildman–Crippen LogP) is 0.316. The summed E-state index contributed by atoms with van der Waals surface area (Å²) in [5.41, 5.74) is 11.8. The number of primary amides is 1. The number of benzene rings is 1. The van der Waals surface area contributed by atoms with Gasteiger partial charge in [0.25, 0.3) is 5.91 Å². The third-order valence-corrected chi connectivity index (χ3v) is 1.72. The maximum absolute atomic E-state index is 10.6. The smallest absolute Gasteiger partial charge is 0.262 e. The molecule has 0 radical (unpaired) electrons. The zero-order chi connectivity index (χ0) is 9.84. The number of carbonyl (C=O) groups is 1. The van der Waals surface area contributed by atoms with Crippen molar-refractivity contribution in [3.05, 3.63) is 29.8 Å². The molecule has 0 aliphatic heterocycles. The molecule has 0 fully saturated rings. The summed E-state index contributed by atoms with van der Waals surface area (Å²) in [5.74, 6) is -0.705. The Labute approximate surface area is 76.1 Å². The predicted molar refractivity (Wildman–Crippen MR) is 51.5 cm³/mol. The molecule has 0 aromatic heterocycles. The summed E-state index contributed by atoms with van der Waals surface area (Å²) in [6.07, 6.45) is 0.196. The first-order valence-electron chi connectivity index (χ1n) is 3.82.